The average Bonchev–Trinajstić information content (AvgIpc) is 3.52. The van der Waals surface area contributed by atoms with Crippen LogP contribution in [-0.2, 0) is 16.0 Å². The first-order chi connectivity index (χ1) is 15.1. The summed E-state index contributed by atoms with van der Waals surface area (Å²) in [4.78, 5) is 17.9. The molecule has 8 heteroatoms. The molecular formula is C23H26BrN3O4. The van der Waals surface area contributed by atoms with E-state index >= 15 is 0 Å². The van der Waals surface area contributed by atoms with Crippen LogP contribution in [0.25, 0.3) is 0 Å². The minimum Gasteiger partial charge on any atom is -0.494 e. The van der Waals surface area contributed by atoms with E-state index in [0.717, 1.165) is 28.4 Å². The van der Waals surface area contributed by atoms with Crippen LogP contribution in [0.3, 0.4) is 0 Å². The summed E-state index contributed by atoms with van der Waals surface area (Å²) in [6, 6.07) is 15.6. The fourth-order valence-electron chi connectivity index (χ4n) is 3.28. The Kier molecular flexibility index (Phi) is 6.89. The van der Waals surface area contributed by atoms with Crippen LogP contribution in [0.1, 0.15) is 30.4 Å². The molecule has 1 saturated carbocycles. The van der Waals surface area contributed by atoms with E-state index in [-0.39, 0.29) is 19.1 Å². The Morgan fingerprint density at radius 3 is 2.61 bits per heavy atom. The SMILES string of the molecule is O=C(NNC1CC1)[C@]1(Cc2ccc(Br)cc2)COC(c2ccc(OCCCO)cc2)=N1. The number of amides is 1. The largest absolute Gasteiger partial charge is 0.494 e. The summed E-state index contributed by atoms with van der Waals surface area (Å²) in [6.07, 6.45) is 3.15. The van der Waals surface area contributed by atoms with Crippen LogP contribution in [0, 0.1) is 0 Å². The van der Waals surface area contributed by atoms with Crippen molar-refractivity contribution in [3.63, 3.8) is 0 Å². The van der Waals surface area contributed by atoms with Gasteiger partial charge in [-0.15, -0.1) is 0 Å². The van der Waals surface area contributed by atoms with Gasteiger partial charge in [-0.25, -0.2) is 10.4 Å². The van der Waals surface area contributed by atoms with Gasteiger partial charge in [0.25, 0.3) is 5.91 Å². The number of aliphatic imine (C=N–C) groups is 1. The lowest BCUT2D eigenvalue weighted by Crippen LogP contribution is -2.53. The number of carbonyl (C=O) groups excluding carboxylic acids is 1. The predicted octanol–water partition coefficient (Wildman–Crippen LogP) is 2.75. The van der Waals surface area contributed by atoms with Gasteiger partial charge in [0.1, 0.15) is 12.4 Å². The van der Waals surface area contributed by atoms with Gasteiger partial charge in [0, 0.05) is 35.5 Å². The van der Waals surface area contributed by atoms with E-state index in [1.807, 2.05) is 48.5 Å². The van der Waals surface area contributed by atoms with Crippen LogP contribution in [0.4, 0.5) is 0 Å². The van der Waals surface area contributed by atoms with Gasteiger partial charge in [-0.05, 0) is 54.8 Å². The molecule has 0 radical (unpaired) electrons. The molecule has 7 nitrogen and oxygen atoms in total. The van der Waals surface area contributed by atoms with Crippen molar-refractivity contribution in [3.05, 3.63) is 64.1 Å². The van der Waals surface area contributed by atoms with E-state index < -0.39 is 5.54 Å². The quantitative estimate of drug-likeness (QED) is 0.354. The third-order valence-corrected chi connectivity index (χ3v) is 5.76. The first kappa shape index (κ1) is 21.8. The maximum atomic E-state index is 13.1. The molecular weight excluding hydrogens is 462 g/mol. The number of aliphatic hydroxyl groups is 1. The second-order valence-electron chi connectivity index (χ2n) is 7.86. The molecule has 0 saturated heterocycles. The van der Waals surface area contributed by atoms with Crippen LogP contribution in [0.5, 0.6) is 5.75 Å². The van der Waals surface area contributed by atoms with E-state index in [4.69, 9.17) is 19.6 Å². The van der Waals surface area contributed by atoms with E-state index in [0.29, 0.717) is 37.1 Å². The molecule has 0 unspecified atom stereocenters. The summed E-state index contributed by atoms with van der Waals surface area (Å²) in [5.41, 5.74) is 6.67. The Morgan fingerprint density at radius 2 is 1.94 bits per heavy atom. The molecule has 0 bridgehead atoms. The number of hydrazine groups is 1. The maximum Gasteiger partial charge on any atom is 0.266 e. The van der Waals surface area contributed by atoms with Crippen molar-refractivity contribution >= 4 is 27.7 Å². The lowest BCUT2D eigenvalue weighted by Gasteiger charge is -2.23. The summed E-state index contributed by atoms with van der Waals surface area (Å²) in [6.45, 7) is 0.726. The number of aliphatic hydroxyl groups excluding tert-OH is 1. The van der Waals surface area contributed by atoms with Crippen molar-refractivity contribution < 1.29 is 19.4 Å². The molecule has 2 aromatic carbocycles. The number of halogens is 1. The molecule has 1 aliphatic heterocycles. The van der Waals surface area contributed by atoms with Crippen molar-refractivity contribution in [2.45, 2.75) is 37.3 Å². The van der Waals surface area contributed by atoms with Crippen molar-refractivity contribution in [2.24, 2.45) is 4.99 Å². The minimum absolute atomic E-state index is 0.0981. The van der Waals surface area contributed by atoms with Crippen LogP contribution in [0.2, 0.25) is 0 Å². The summed E-state index contributed by atoms with van der Waals surface area (Å²) in [7, 11) is 0. The number of benzene rings is 2. The predicted molar refractivity (Wildman–Crippen MR) is 121 cm³/mol. The normalized spacial score (nSPS) is 20.1. The summed E-state index contributed by atoms with van der Waals surface area (Å²) < 4.78 is 12.5. The summed E-state index contributed by atoms with van der Waals surface area (Å²) >= 11 is 3.45. The molecule has 3 N–H and O–H groups in total. The van der Waals surface area contributed by atoms with Gasteiger partial charge < -0.3 is 14.6 Å². The Morgan fingerprint density at radius 1 is 1.19 bits per heavy atom. The minimum atomic E-state index is -1.04. The molecule has 0 aromatic heterocycles. The molecule has 1 aliphatic carbocycles. The molecule has 1 heterocycles. The number of nitrogens with zero attached hydrogens (tertiary/aromatic N) is 1. The van der Waals surface area contributed by atoms with E-state index in [9.17, 15) is 4.79 Å². The molecule has 1 fully saturated rings. The van der Waals surface area contributed by atoms with Gasteiger partial charge >= 0.3 is 0 Å². The van der Waals surface area contributed by atoms with E-state index in [1.165, 1.54) is 0 Å². The van der Waals surface area contributed by atoms with E-state index in [2.05, 4.69) is 26.8 Å². The number of nitrogens with one attached hydrogen (secondary N) is 2. The van der Waals surface area contributed by atoms with Crippen molar-refractivity contribution in [1.82, 2.24) is 10.9 Å². The fraction of sp³-hybridized carbons (Fsp3) is 0.391. The number of rotatable bonds is 10. The van der Waals surface area contributed by atoms with Crippen molar-refractivity contribution in [2.75, 3.05) is 19.8 Å². The molecule has 0 spiro atoms. The summed E-state index contributed by atoms with van der Waals surface area (Å²) in [5, 5.41) is 8.87. The smallest absolute Gasteiger partial charge is 0.266 e. The molecule has 164 valence electrons. The third kappa shape index (κ3) is 5.64. The second-order valence-corrected chi connectivity index (χ2v) is 8.78. The zero-order chi connectivity index (χ0) is 21.7. The van der Waals surface area contributed by atoms with Gasteiger partial charge in [0.2, 0.25) is 5.90 Å². The highest BCUT2D eigenvalue weighted by atomic mass is 79.9. The molecule has 1 atom stereocenters. The van der Waals surface area contributed by atoms with Crippen LogP contribution >= 0.6 is 15.9 Å². The van der Waals surface area contributed by atoms with Gasteiger partial charge in [0.05, 0.1) is 6.61 Å². The third-order valence-electron chi connectivity index (χ3n) is 5.24. The Balaban J connectivity index is 1.53. The zero-order valence-corrected chi connectivity index (χ0v) is 18.7. The first-order valence-corrected chi connectivity index (χ1v) is 11.2. The molecule has 4 rings (SSSR count). The zero-order valence-electron chi connectivity index (χ0n) is 17.1. The lowest BCUT2D eigenvalue weighted by atomic mass is 9.91. The maximum absolute atomic E-state index is 13.1. The highest BCUT2D eigenvalue weighted by Crippen LogP contribution is 2.28. The Labute approximate surface area is 190 Å². The van der Waals surface area contributed by atoms with E-state index in [1.54, 1.807) is 0 Å². The van der Waals surface area contributed by atoms with Gasteiger partial charge in [-0.1, -0.05) is 28.1 Å². The average molecular weight is 488 g/mol. The number of hydrogen-bond acceptors (Lipinski definition) is 6. The Bertz CT molecular complexity index is 929. The van der Waals surface area contributed by atoms with Crippen LogP contribution < -0.4 is 15.6 Å². The molecule has 2 aliphatic rings. The highest BCUT2D eigenvalue weighted by Gasteiger charge is 2.45. The van der Waals surface area contributed by atoms with Gasteiger partial charge in [0.15, 0.2) is 5.54 Å². The lowest BCUT2D eigenvalue weighted by molar-refractivity contribution is -0.127. The fourth-order valence-corrected chi connectivity index (χ4v) is 3.55. The number of hydrogen-bond donors (Lipinski definition) is 3. The second kappa shape index (κ2) is 9.80. The molecule has 1 amide bonds. The Hall–Kier alpha value is -2.42. The topological polar surface area (TPSA) is 92.2 Å². The van der Waals surface area contributed by atoms with Crippen molar-refractivity contribution in [3.8, 4) is 5.75 Å². The van der Waals surface area contributed by atoms with Gasteiger partial charge in [-0.2, -0.15) is 0 Å². The first-order valence-electron chi connectivity index (χ1n) is 10.5. The standard InChI is InChI=1S/C23H26BrN3O4/c24-18-6-2-16(3-7-18)14-23(22(29)27-26-19-8-9-19)15-31-21(25-23)17-4-10-20(11-5-17)30-13-1-12-28/h2-7,10-11,19,26,28H,1,8-9,12-15H2,(H,27,29)/t23-/m0/s1. The monoisotopic (exact) mass is 487 g/mol. The highest BCUT2D eigenvalue weighted by molar-refractivity contribution is 9.10. The molecule has 2 aromatic rings. The number of carbonyl (C=O) groups is 1. The van der Waals surface area contributed by atoms with Gasteiger partial charge in [-0.3, -0.25) is 10.2 Å². The number of ether oxygens (including phenoxy) is 2. The van der Waals surface area contributed by atoms with Crippen molar-refractivity contribution in [1.29, 1.82) is 0 Å². The summed E-state index contributed by atoms with van der Waals surface area (Å²) in [5.74, 6) is 0.963. The van der Waals surface area contributed by atoms with Crippen LogP contribution in [-0.4, -0.2) is 48.3 Å². The molecule has 31 heavy (non-hydrogen) atoms. The van der Waals surface area contributed by atoms with Crippen LogP contribution in [0.15, 0.2) is 58.0 Å².